The zero-order chi connectivity index (χ0) is 16.4. The van der Waals surface area contributed by atoms with Crippen molar-refractivity contribution in [3.05, 3.63) is 58.6 Å². The molecule has 3 N–H and O–H groups in total. The van der Waals surface area contributed by atoms with Crippen LogP contribution < -0.4 is 10.5 Å². The Labute approximate surface area is 141 Å². The summed E-state index contributed by atoms with van der Waals surface area (Å²) in [6.07, 6.45) is 3.89. The number of sulfonamides is 1. The lowest BCUT2D eigenvalue weighted by molar-refractivity contribution is 0.598. The van der Waals surface area contributed by atoms with Crippen LogP contribution in [0, 0.1) is 5.92 Å². The first-order valence-corrected chi connectivity index (χ1v) is 9.48. The third kappa shape index (κ3) is 4.47. The molecule has 0 bridgehead atoms. The van der Waals surface area contributed by atoms with Gasteiger partial charge in [-0.05, 0) is 54.5 Å². The number of primary sulfonamides is 1. The van der Waals surface area contributed by atoms with Crippen molar-refractivity contribution in [1.82, 2.24) is 0 Å². The van der Waals surface area contributed by atoms with Crippen molar-refractivity contribution in [2.24, 2.45) is 11.1 Å². The number of halogens is 1. The van der Waals surface area contributed by atoms with Crippen LogP contribution >= 0.6 is 11.6 Å². The van der Waals surface area contributed by atoms with E-state index in [-0.39, 0.29) is 4.90 Å². The van der Waals surface area contributed by atoms with E-state index in [1.807, 2.05) is 0 Å². The van der Waals surface area contributed by atoms with Gasteiger partial charge in [0.2, 0.25) is 10.0 Å². The first-order valence-electron chi connectivity index (χ1n) is 7.56. The molecule has 2 aromatic rings. The van der Waals surface area contributed by atoms with Crippen LogP contribution in [0.5, 0.6) is 0 Å². The van der Waals surface area contributed by atoms with Crippen LogP contribution in [-0.4, -0.2) is 8.42 Å². The minimum atomic E-state index is -3.73. The Balaban J connectivity index is 1.63. The van der Waals surface area contributed by atoms with Crippen LogP contribution in [0.1, 0.15) is 24.0 Å². The predicted molar refractivity (Wildman–Crippen MR) is 93.0 cm³/mol. The molecule has 1 aliphatic carbocycles. The Morgan fingerprint density at radius 1 is 1.09 bits per heavy atom. The average Bonchev–Trinajstić information content (AvgIpc) is 3.30. The molecule has 0 aliphatic heterocycles. The number of hydrogen-bond acceptors (Lipinski definition) is 3. The van der Waals surface area contributed by atoms with Gasteiger partial charge in [-0.1, -0.05) is 35.9 Å². The lowest BCUT2D eigenvalue weighted by Crippen LogP contribution is -2.12. The molecule has 0 spiro atoms. The molecule has 0 radical (unpaired) electrons. The van der Waals surface area contributed by atoms with E-state index in [9.17, 15) is 8.42 Å². The maximum absolute atomic E-state index is 11.3. The summed E-state index contributed by atoms with van der Waals surface area (Å²) in [4.78, 5) is 0.0116. The molecular formula is C17H19ClN2O2S. The first kappa shape index (κ1) is 16.3. The van der Waals surface area contributed by atoms with Gasteiger partial charge < -0.3 is 5.32 Å². The van der Waals surface area contributed by atoms with Crippen molar-refractivity contribution in [3.8, 4) is 0 Å². The average molecular weight is 351 g/mol. The van der Waals surface area contributed by atoms with E-state index in [2.05, 4.69) is 29.6 Å². The Morgan fingerprint density at radius 3 is 2.30 bits per heavy atom. The summed E-state index contributed by atoms with van der Waals surface area (Å²) in [5, 5.41) is 8.63. The van der Waals surface area contributed by atoms with Gasteiger partial charge in [-0.25, -0.2) is 13.6 Å². The highest BCUT2D eigenvalue weighted by atomic mass is 35.5. The molecule has 1 saturated carbocycles. The van der Waals surface area contributed by atoms with Crippen molar-refractivity contribution in [2.45, 2.75) is 30.7 Å². The molecule has 0 unspecified atom stereocenters. The van der Waals surface area contributed by atoms with Crippen LogP contribution in [0.25, 0.3) is 0 Å². The maximum Gasteiger partial charge on any atom is 0.238 e. The SMILES string of the molecule is NS(=O)(=O)c1ccc(NCc2ccc(CC3CC3)cc2)c(Cl)c1. The first-order chi connectivity index (χ1) is 10.9. The Bertz CT molecular complexity index is 800. The maximum atomic E-state index is 11.3. The summed E-state index contributed by atoms with van der Waals surface area (Å²) in [7, 11) is -3.73. The molecule has 1 fully saturated rings. The van der Waals surface area contributed by atoms with Gasteiger partial charge in [0.05, 0.1) is 15.6 Å². The predicted octanol–water partition coefficient (Wildman–Crippen LogP) is 3.55. The van der Waals surface area contributed by atoms with Crippen LogP contribution in [0.2, 0.25) is 5.02 Å². The standard InChI is InChI=1S/C17H19ClN2O2S/c18-16-10-15(23(19,21)22)7-8-17(16)20-11-14-5-3-13(4-6-14)9-12-1-2-12/h3-8,10,12,20H,1-2,9,11H2,(H2,19,21,22). The quantitative estimate of drug-likeness (QED) is 0.836. The number of nitrogens with two attached hydrogens (primary N) is 1. The van der Waals surface area contributed by atoms with E-state index in [0.29, 0.717) is 17.3 Å². The van der Waals surface area contributed by atoms with Crippen LogP contribution in [0.3, 0.4) is 0 Å². The molecule has 2 aromatic carbocycles. The van der Waals surface area contributed by atoms with Crippen molar-refractivity contribution < 1.29 is 8.42 Å². The third-order valence-corrected chi connectivity index (χ3v) is 5.22. The smallest absolute Gasteiger partial charge is 0.238 e. The minimum absolute atomic E-state index is 0.0116. The second-order valence-electron chi connectivity index (χ2n) is 6.00. The minimum Gasteiger partial charge on any atom is -0.380 e. The van der Waals surface area contributed by atoms with E-state index in [1.165, 1.54) is 37.0 Å². The van der Waals surface area contributed by atoms with Gasteiger partial charge in [0.25, 0.3) is 0 Å². The number of nitrogens with one attached hydrogen (secondary N) is 1. The van der Waals surface area contributed by atoms with E-state index in [0.717, 1.165) is 11.5 Å². The van der Waals surface area contributed by atoms with Gasteiger partial charge in [0.15, 0.2) is 0 Å². The second-order valence-corrected chi connectivity index (χ2v) is 7.97. The van der Waals surface area contributed by atoms with Crippen molar-refractivity contribution in [1.29, 1.82) is 0 Å². The highest BCUT2D eigenvalue weighted by molar-refractivity contribution is 7.89. The lowest BCUT2D eigenvalue weighted by Gasteiger charge is -2.10. The fourth-order valence-corrected chi connectivity index (χ4v) is 3.31. The summed E-state index contributed by atoms with van der Waals surface area (Å²) < 4.78 is 22.6. The van der Waals surface area contributed by atoms with Gasteiger partial charge >= 0.3 is 0 Å². The van der Waals surface area contributed by atoms with Crippen molar-refractivity contribution >= 4 is 27.3 Å². The van der Waals surface area contributed by atoms with Crippen LogP contribution in [0.15, 0.2) is 47.4 Å². The Kier molecular flexibility index (Phi) is 4.62. The largest absolute Gasteiger partial charge is 0.380 e. The number of hydrogen-bond donors (Lipinski definition) is 2. The molecule has 0 saturated heterocycles. The fraction of sp³-hybridized carbons (Fsp3) is 0.294. The molecule has 0 heterocycles. The molecule has 1 aliphatic rings. The van der Waals surface area contributed by atoms with E-state index in [4.69, 9.17) is 16.7 Å². The van der Waals surface area contributed by atoms with Crippen molar-refractivity contribution in [2.75, 3.05) is 5.32 Å². The monoisotopic (exact) mass is 350 g/mol. The Morgan fingerprint density at radius 2 is 1.74 bits per heavy atom. The number of anilines is 1. The zero-order valence-electron chi connectivity index (χ0n) is 12.6. The summed E-state index contributed by atoms with van der Waals surface area (Å²) in [6.45, 7) is 0.623. The zero-order valence-corrected chi connectivity index (χ0v) is 14.2. The van der Waals surface area contributed by atoms with E-state index < -0.39 is 10.0 Å². The number of benzene rings is 2. The molecular weight excluding hydrogens is 332 g/mol. The van der Waals surface area contributed by atoms with Gasteiger partial charge in [0, 0.05) is 6.54 Å². The second kappa shape index (κ2) is 6.51. The fourth-order valence-electron chi connectivity index (χ4n) is 2.46. The van der Waals surface area contributed by atoms with Gasteiger partial charge in [-0.3, -0.25) is 0 Å². The molecule has 23 heavy (non-hydrogen) atoms. The van der Waals surface area contributed by atoms with Crippen LogP contribution in [-0.2, 0) is 23.0 Å². The molecule has 0 amide bonds. The molecule has 122 valence electrons. The molecule has 0 aromatic heterocycles. The molecule has 4 nitrogen and oxygen atoms in total. The Hall–Kier alpha value is -1.56. The number of rotatable bonds is 6. The summed E-state index contributed by atoms with van der Waals surface area (Å²) in [6, 6.07) is 13.0. The lowest BCUT2D eigenvalue weighted by atomic mass is 10.1. The van der Waals surface area contributed by atoms with Gasteiger partial charge in [-0.2, -0.15) is 0 Å². The highest BCUT2D eigenvalue weighted by Crippen LogP contribution is 2.32. The van der Waals surface area contributed by atoms with E-state index >= 15 is 0 Å². The molecule has 3 rings (SSSR count). The van der Waals surface area contributed by atoms with E-state index in [1.54, 1.807) is 6.07 Å². The molecule has 0 atom stereocenters. The normalized spacial score (nSPS) is 14.7. The summed E-state index contributed by atoms with van der Waals surface area (Å²) in [5.74, 6) is 0.884. The van der Waals surface area contributed by atoms with Crippen LogP contribution in [0.4, 0.5) is 5.69 Å². The van der Waals surface area contributed by atoms with Gasteiger partial charge in [-0.15, -0.1) is 0 Å². The van der Waals surface area contributed by atoms with Crippen molar-refractivity contribution in [3.63, 3.8) is 0 Å². The summed E-state index contributed by atoms with van der Waals surface area (Å²) in [5.41, 5.74) is 3.21. The summed E-state index contributed by atoms with van der Waals surface area (Å²) >= 11 is 6.11. The molecule has 6 heteroatoms. The third-order valence-electron chi connectivity index (χ3n) is 4.00. The highest BCUT2D eigenvalue weighted by Gasteiger charge is 2.21. The topological polar surface area (TPSA) is 72.2 Å². The van der Waals surface area contributed by atoms with Gasteiger partial charge in [0.1, 0.15) is 0 Å².